The second-order valence-corrected chi connectivity index (χ2v) is 11.9. The van der Waals surface area contributed by atoms with Gasteiger partial charge in [-0.15, -0.1) is 0 Å². The second kappa shape index (κ2) is 11.2. The molecule has 0 saturated carbocycles. The van der Waals surface area contributed by atoms with Crippen molar-refractivity contribution in [1.82, 2.24) is 9.13 Å². The third-order valence-electron chi connectivity index (χ3n) is 8.97. The molecule has 0 saturated heterocycles. The molecule has 3 N–H and O–H groups in total. The molecule has 3 aromatic rings. The number of ether oxygens (including phenoxy) is 5. The SMILES string of the molecule is COc1cc([C@@H]2C3=C(C[C@@H](C)[C@]4(Oc5c(Cl)c(OC)cc(OC)c5C4=O)C3=O)Nc3c2c(=O)n(C)c(=O)n3C)ccc1OCC(N)=O. The molecule has 0 radical (unpaired) electrons. The molecule has 1 amide bonds. The first kappa shape index (κ1) is 31.7. The van der Waals surface area contributed by atoms with Crippen molar-refractivity contribution < 1.29 is 38.1 Å². The standard InChI is InChI=1S/C32H31ClN4O10/c1-13-9-15-22(27(39)32(13)28(40)23-18(44-5)11-19(45-6)25(33)26(23)47-32)21(24-29(35-15)36(2)31(42)37(3)30(24)41)14-7-8-16(17(10-14)43-4)46-12-20(34)38/h7-8,10-11,13,21,35H,9,12H2,1-6H3,(H2,34,38)/t13-,21-,32+/m1/s1. The molecule has 0 bridgehead atoms. The molecule has 3 aliphatic rings. The highest BCUT2D eigenvalue weighted by Crippen LogP contribution is 2.56. The van der Waals surface area contributed by atoms with Gasteiger partial charge in [0.15, 0.2) is 23.9 Å². The number of nitrogens with zero attached hydrogens (tertiary/aromatic N) is 2. The summed E-state index contributed by atoms with van der Waals surface area (Å²) in [6.45, 7) is 1.28. The Hall–Kier alpha value is -5.24. The van der Waals surface area contributed by atoms with E-state index in [1.165, 1.54) is 52.1 Å². The number of Topliss-reactive ketones (excluding diaryl/α,β-unsaturated/α-hetero) is 2. The molecule has 3 heterocycles. The Bertz CT molecular complexity index is 2070. The van der Waals surface area contributed by atoms with Crippen LogP contribution in [0.3, 0.4) is 0 Å². The van der Waals surface area contributed by atoms with Crippen molar-refractivity contribution in [1.29, 1.82) is 0 Å². The van der Waals surface area contributed by atoms with Crippen LogP contribution in [0.4, 0.5) is 5.82 Å². The van der Waals surface area contributed by atoms with Gasteiger partial charge in [0.25, 0.3) is 11.5 Å². The van der Waals surface area contributed by atoms with E-state index < -0.39 is 52.8 Å². The van der Waals surface area contributed by atoms with Gasteiger partial charge in [0, 0.05) is 43.3 Å². The van der Waals surface area contributed by atoms with Gasteiger partial charge in [-0.1, -0.05) is 24.6 Å². The fraction of sp³-hybridized carbons (Fsp3) is 0.344. The molecule has 1 aliphatic carbocycles. The van der Waals surface area contributed by atoms with E-state index in [0.29, 0.717) is 11.3 Å². The topological polar surface area (TPSA) is 179 Å². The lowest BCUT2D eigenvalue weighted by molar-refractivity contribution is -0.130. The highest BCUT2D eigenvalue weighted by Gasteiger charge is 2.63. The number of amides is 1. The van der Waals surface area contributed by atoms with Crippen molar-refractivity contribution in [3.05, 3.63) is 78.1 Å². The van der Waals surface area contributed by atoms with E-state index in [1.54, 1.807) is 19.1 Å². The number of fused-ring (bicyclic) bond motifs is 2. The molecule has 15 heteroatoms. The van der Waals surface area contributed by atoms with Crippen LogP contribution in [0.15, 0.2) is 45.1 Å². The monoisotopic (exact) mass is 666 g/mol. The number of hydrogen-bond acceptors (Lipinski definition) is 11. The first-order valence-electron chi connectivity index (χ1n) is 14.4. The van der Waals surface area contributed by atoms with Gasteiger partial charge in [0.05, 0.1) is 26.9 Å². The molecule has 14 nitrogen and oxygen atoms in total. The Labute approximate surface area is 272 Å². The zero-order valence-electron chi connectivity index (χ0n) is 26.3. The Balaban J connectivity index is 1.59. The zero-order valence-corrected chi connectivity index (χ0v) is 27.1. The number of methoxy groups -OCH3 is 3. The molecule has 0 unspecified atom stereocenters. The van der Waals surface area contributed by atoms with Crippen LogP contribution in [0.2, 0.25) is 5.02 Å². The summed E-state index contributed by atoms with van der Waals surface area (Å²) < 4.78 is 30.5. The number of carbonyl (C=O) groups is 3. The van der Waals surface area contributed by atoms with E-state index in [9.17, 15) is 19.2 Å². The molecular formula is C32H31ClN4O10. The largest absolute Gasteiger partial charge is 0.496 e. The number of aromatic nitrogens is 2. The van der Waals surface area contributed by atoms with Crippen LogP contribution in [-0.2, 0) is 23.7 Å². The lowest BCUT2D eigenvalue weighted by Gasteiger charge is -2.42. The first-order chi connectivity index (χ1) is 22.3. The fourth-order valence-electron chi connectivity index (χ4n) is 6.65. The number of carbonyl (C=O) groups excluding carboxylic acids is 3. The van der Waals surface area contributed by atoms with E-state index in [-0.39, 0.29) is 62.7 Å². The van der Waals surface area contributed by atoms with Crippen LogP contribution >= 0.6 is 11.6 Å². The fourth-order valence-corrected chi connectivity index (χ4v) is 6.92. The normalized spacial score (nSPS) is 21.0. The smallest absolute Gasteiger partial charge is 0.332 e. The van der Waals surface area contributed by atoms with Gasteiger partial charge >= 0.3 is 5.69 Å². The summed E-state index contributed by atoms with van der Waals surface area (Å²) in [5, 5.41) is 3.16. The van der Waals surface area contributed by atoms with Crippen molar-refractivity contribution in [3.8, 4) is 28.7 Å². The maximum absolute atomic E-state index is 15.0. The molecule has 0 fully saturated rings. The maximum Gasteiger partial charge on any atom is 0.332 e. The molecular weight excluding hydrogens is 636 g/mol. The predicted molar refractivity (Wildman–Crippen MR) is 168 cm³/mol. The van der Waals surface area contributed by atoms with E-state index >= 15 is 4.79 Å². The number of nitrogens with two attached hydrogens (primary N) is 1. The summed E-state index contributed by atoms with van der Waals surface area (Å²) >= 11 is 6.61. The number of halogens is 1. The van der Waals surface area contributed by atoms with Gasteiger partial charge in [0.1, 0.15) is 27.9 Å². The summed E-state index contributed by atoms with van der Waals surface area (Å²) in [5.41, 5.74) is 2.92. The van der Waals surface area contributed by atoms with Crippen LogP contribution in [0.1, 0.15) is 40.7 Å². The minimum Gasteiger partial charge on any atom is -0.496 e. The Morgan fingerprint density at radius 1 is 1.00 bits per heavy atom. The molecule has 47 heavy (non-hydrogen) atoms. The van der Waals surface area contributed by atoms with E-state index in [4.69, 9.17) is 41.0 Å². The minimum absolute atomic E-state index is 0.000740. The quantitative estimate of drug-likeness (QED) is 0.353. The van der Waals surface area contributed by atoms with E-state index in [2.05, 4.69) is 5.32 Å². The average molecular weight is 667 g/mol. The third-order valence-corrected chi connectivity index (χ3v) is 9.32. The Morgan fingerprint density at radius 2 is 1.68 bits per heavy atom. The number of primary amides is 1. The van der Waals surface area contributed by atoms with Gasteiger partial charge in [0.2, 0.25) is 17.2 Å². The van der Waals surface area contributed by atoms with Crippen molar-refractivity contribution in [2.45, 2.75) is 24.9 Å². The van der Waals surface area contributed by atoms with Crippen molar-refractivity contribution in [2.75, 3.05) is 33.3 Å². The first-order valence-corrected chi connectivity index (χ1v) is 14.8. The van der Waals surface area contributed by atoms with Crippen molar-refractivity contribution in [3.63, 3.8) is 0 Å². The molecule has 1 spiro atoms. The number of nitrogens with one attached hydrogen (secondary N) is 1. The molecule has 6 rings (SSSR count). The lowest BCUT2D eigenvalue weighted by Crippen LogP contribution is -2.58. The number of hydrogen-bond donors (Lipinski definition) is 2. The number of anilines is 1. The summed E-state index contributed by atoms with van der Waals surface area (Å²) in [5.74, 6) is -3.07. The van der Waals surface area contributed by atoms with Crippen molar-refractivity contribution in [2.24, 2.45) is 25.7 Å². The Morgan fingerprint density at radius 3 is 2.32 bits per heavy atom. The van der Waals surface area contributed by atoms with Crippen LogP contribution in [-0.4, -0.2) is 60.1 Å². The number of allylic oxidation sites excluding steroid dienone is 1. The lowest BCUT2D eigenvalue weighted by atomic mass is 9.66. The maximum atomic E-state index is 15.0. The number of rotatable bonds is 7. The van der Waals surface area contributed by atoms with Crippen LogP contribution in [0.5, 0.6) is 28.7 Å². The second-order valence-electron chi connectivity index (χ2n) is 11.5. The minimum atomic E-state index is -2.07. The van der Waals surface area contributed by atoms with Crippen molar-refractivity contribution >= 4 is 34.9 Å². The van der Waals surface area contributed by atoms with Crippen LogP contribution in [0.25, 0.3) is 0 Å². The van der Waals surface area contributed by atoms with Gasteiger partial charge in [-0.2, -0.15) is 0 Å². The predicted octanol–water partition coefficient (Wildman–Crippen LogP) is 2.06. The summed E-state index contributed by atoms with van der Waals surface area (Å²) in [6.07, 6.45) is 0.119. The number of benzene rings is 2. The van der Waals surface area contributed by atoms with Gasteiger partial charge in [-0.05, 0) is 24.1 Å². The highest BCUT2D eigenvalue weighted by molar-refractivity contribution is 6.36. The summed E-state index contributed by atoms with van der Waals surface area (Å²) in [6, 6.07) is 6.12. The summed E-state index contributed by atoms with van der Waals surface area (Å²) in [4.78, 5) is 67.7. The van der Waals surface area contributed by atoms with Gasteiger partial charge in [-0.25, -0.2) is 4.79 Å². The van der Waals surface area contributed by atoms with E-state index in [1.807, 2.05) is 0 Å². The zero-order chi connectivity index (χ0) is 34.1. The van der Waals surface area contributed by atoms with Gasteiger partial charge < -0.3 is 34.7 Å². The third kappa shape index (κ3) is 4.42. The van der Waals surface area contributed by atoms with Crippen LogP contribution in [0, 0.1) is 5.92 Å². The average Bonchev–Trinajstić information content (AvgIpc) is 3.38. The number of ketones is 2. The summed E-state index contributed by atoms with van der Waals surface area (Å²) in [7, 11) is 7.00. The molecule has 3 atom stereocenters. The molecule has 1 aromatic heterocycles. The van der Waals surface area contributed by atoms with Crippen LogP contribution < -0.4 is 46.0 Å². The van der Waals surface area contributed by atoms with Gasteiger partial charge in [-0.3, -0.25) is 28.3 Å². The van der Waals surface area contributed by atoms with E-state index in [0.717, 1.165) is 4.57 Å². The molecule has 2 aliphatic heterocycles. The molecule has 246 valence electrons. The Kier molecular flexibility index (Phi) is 7.58. The molecule has 2 aromatic carbocycles. The highest BCUT2D eigenvalue weighted by atomic mass is 35.5.